The first-order chi connectivity index (χ1) is 13.3. The lowest BCUT2D eigenvalue weighted by Gasteiger charge is -2.17. The topological polar surface area (TPSA) is 132 Å². The van der Waals surface area contributed by atoms with Gasteiger partial charge >= 0.3 is 17.9 Å². The predicted molar refractivity (Wildman–Crippen MR) is 99.3 cm³/mol. The molecule has 0 aliphatic carbocycles. The van der Waals surface area contributed by atoms with Crippen LogP contribution in [0.5, 0.6) is 0 Å². The molecule has 8 nitrogen and oxygen atoms in total. The lowest BCUT2D eigenvalue weighted by molar-refractivity contribution is -0.159. The minimum Gasteiger partial charge on any atom is -0.481 e. The molecule has 1 aliphatic heterocycles. The van der Waals surface area contributed by atoms with E-state index in [2.05, 4.69) is 0 Å². The third kappa shape index (κ3) is 4.53. The molecule has 3 N–H and O–H groups in total. The fourth-order valence-corrected chi connectivity index (χ4v) is 2.90. The largest absolute Gasteiger partial charge is 0.481 e. The molecule has 2 aromatic carbocycles. The van der Waals surface area contributed by atoms with Crippen molar-refractivity contribution in [1.29, 1.82) is 0 Å². The summed E-state index contributed by atoms with van der Waals surface area (Å²) in [7, 11) is 0. The molecule has 28 heavy (non-hydrogen) atoms. The van der Waals surface area contributed by atoms with Crippen molar-refractivity contribution < 1.29 is 34.5 Å². The average Bonchev–Trinajstić information content (AvgIpc) is 3.00. The molecule has 0 bridgehead atoms. The number of carboxylic acids is 3. The molecule has 0 radical (unpaired) electrons. The van der Waals surface area contributed by atoms with Gasteiger partial charge in [-0.25, -0.2) is 9.59 Å². The second kappa shape index (κ2) is 8.81. The van der Waals surface area contributed by atoms with E-state index < -0.39 is 23.8 Å². The molecule has 1 unspecified atom stereocenters. The molecule has 0 saturated heterocycles. The van der Waals surface area contributed by atoms with Gasteiger partial charge in [-0.3, -0.25) is 9.59 Å². The van der Waals surface area contributed by atoms with Gasteiger partial charge in [0.05, 0.1) is 12.5 Å². The molecular weight excluding hydrogens is 366 g/mol. The highest BCUT2D eigenvalue weighted by atomic mass is 16.4. The van der Waals surface area contributed by atoms with Gasteiger partial charge in [-0.15, -0.1) is 0 Å². The van der Waals surface area contributed by atoms with Gasteiger partial charge in [0.15, 0.2) is 0 Å². The van der Waals surface area contributed by atoms with Crippen molar-refractivity contribution in [3.05, 3.63) is 65.2 Å². The van der Waals surface area contributed by atoms with Crippen molar-refractivity contribution in [3.8, 4) is 0 Å². The Morgan fingerprint density at radius 3 is 2.00 bits per heavy atom. The fourth-order valence-electron chi connectivity index (χ4n) is 2.90. The van der Waals surface area contributed by atoms with Crippen molar-refractivity contribution in [2.45, 2.75) is 25.8 Å². The molecule has 0 saturated carbocycles. The first-order valence-corrected chi connectivity index (χ1v) is 8.45. The summed E-state index contributed by atoms with van der Waals surface area (Å²) in [6, 6.07) is 14.8. The zero-order valence-electron chi connectivity index (χ0n) is 15.0. The molecule has 2 aromatic rings. The van der Waals surface area contributed by atoms with Crippen LogP contribution in [0.3, 0.4) is 0 Å². The molecule has 146 valence electrons. The second-order valence-electron chi connectivity index (χ2n) is 6.05. The highest BCUT2D eigenvalue weighted by molar-refractivity contribution is 6.27. The van der Waals surface area contributed by atoms with Crippen LogP contribution in [0.1, 0.15) is 40.7 Å². The Hall–Kier alpha value is -3.68. The summed E-state index contributed by atoms with van der Waals surface area (Å²) in [6.07, 6.45) is 0.544. The number of hydrogen-bond donors (Lipinski definition) is 3. The summed E-state index contributed by atoms with van der Waals surface area (Å²) < 4.78 is 0. The SMILES string of the molecule is CCC(C(=O)O)c1ccc(N2Cc3ccccc3C2=O)cc1.O=C(O)C(=O)O. The van der Waals surface area contributed by atoms with Gasteiger partial charge in [0.25, 0.3) is 5.91 Å². The van der Waals surface area contributed by atoms with E-state index in [0.717, 1.165) is 22.4 Å². The van der Waals surface area contributed by atoms with Crippen molar-refractivity contribution in [2.75, 3.05) is 4.90 Å². The van der Waals surface area contributed by atoms with Gasteiger partial charge in [0, 0.05) is 11.3 Å². The molecule has 1 heterocycles. The molecule has 0 spiro atoms. The lowest BCUT2D eigenvalue weighted by Crippen LogP contribution is -2.23. The van der Waals surface area contributed by atoms with Gasteiger partial charge in [0.2, 0.25) is 0 Å². The molecule has 8 heteroatoms. The van der Waals surface area contributed by atoms with E-state index >= 15 is 0 Å². The minimum absolute atomic E-state index is 0.00590. The Balaban J connectivity index is 0.000000409. The standard InChI is InChI=1S/C18H17NO3.C2H2O4/c1-2-15(18(21)22)12-7-9-14(10-8-12)19-11-13-5-3-4-6-16(13)17(19)20;3-1(4)2(5)6/h3-10,15H,2,11H2,1H3,(H,21,22);(H,3,4)(H,5,6). The summed E-state index contributed by atoms with van der Waals surface area (Å²) in [4.78, 5) is 43.5. The van der Waals surface area contributed by atoms with Crippen LogP contribution < -0.4 is 4.90 Å². The van der Waals surface area contributed by atoms with E-state index in [1.54, 1.807) is 17.0 Å². The van der Waals surface area contributed by atoms with E-state index in [9.17, 15) is 14.7 Å². The number of carbonyl (C=O) groups is 4. The van der Waals surface area contributed by atoms with Crippen molar-refractivity contribution in [1.82, 2.24) is 0 Å². The normalized spacial score (nSPS) is 13.2. The van der Waals surface area contributed by atoms with Crippen LogP contribution in [0.4, 0.5) is 5.69 Å². The number of amides is 1. The maximum absolute atomic E-state index is 12.4. The summed E-state index contributed by atoms with van der Waals surface area (Å²) in [6.45, 7) is 2.41. The van der Waals surface area contributed by atoms with Gasteiger partial charge in [0.1, 0.15) is 0 Å². The third-order valence-electron chi connectivity index (χ3n) is 4.32. The molecule has 1 atom stereocenters. The highest BCUT2D eigenvalue weighted by Gasteiger charge is 2.28. The first-order valence-electron chi connectivity index (χ1n) is 8.45. The van der Waals surface area contributed by atoms with E-state index in [1.807, 2.05) is 43.3 Å². The smallest absolute Gasteiger partial charge is 0.414 e. The molecule has 1 aliphatic rings. The van der Waals surface area contributed by atoms with Gasteiger partial charge in [-0.1, -0.05) is 37.3 Å². The maximum atomic E-state index is 12.4. The Morgan fingerprint density at radius 1 is 0.964 bits per heavy atom. The summed E-state index contributed by atoms with van der Waals surface area (Å²) in [5.41, 5.74) is 3.32. The van der Waals surface area contributed by atoms with Crippen molar-refractivity contribution in [2.24, 2.45) is 0 Å². The number of rotatable bonds is 4. The van der Waals surface area contributed by atoms with Crippen LogP contribution in [-0.4, -0.2) is 39.1 Å². The zero-order chi connectivity index (χ0) is 20.8. The number of nitrogens with zero attached hydrogens (tertiary/aromatic N) is 1. The molecular formula is C20H19NO7. The Labute approximate surface area is 160 Å². The summed E-state index contributed by atoms with van der Waals surface area (Å²) >= 11 is 0. The average molecular weight is 385 g/mol. The monoisotopic (exact) mass is 385 g/mol. The van der Waals surface area contributed by atoms with Crippen LogP contribution in [0, 0.1) is 0 Å². The predicted octanol–water partition coefficient (Wildman–Crippen LogP) is 2.58. The number of aliphatic carboxylic acids is 3. The van der Waals surface area contributed by atoms with Gasteiger partial charge in [-0.05, 0) is 35.7 Å². The quantitative estimate of drug-likeness (QED) is 0.689. The molecule has 0 aromatic heterocycles. The number of fused-ring (bicyclic) bond motifs is 1. The third-order valence-corrected chi connectivity index (χ3v) is 4.32. The molecule has 3 rings (SSSR count). The molecule has 0 fully saturated rings. The van der Waals surface area contributed by atoms with E-state index in [4.69, 9.17) is 19.8 Å². The minimum atomic E-state index is -1.82. The number of benzene rings is 2. The maximum Gasteiger partial charge on any atom is 0.414 e. The zero-order valence-corrected chi connectivity index (χ0v) is 15.0. The summed E-state index contributed by atoms with van der Waals surface area (Å²) in [5, 5.41) is 24.0. The second-order valence-corrected chi connectivity index (χ2v) is 6.05. The molecule has 1 amide bonds. The number of anilines is 1. The fraction of sp³-hybridized carbons (Fsp3) is 0.200. The van der Waals surface area contributed by atoms with Gasteiger partial charge < -0.3 is 20.2 Å². The summed E-state index contributed by atoms with van der Waals surface area (Å²) in [5.74, 6) is -4.97. The van der Waals surface area contributed by atoms with Crippen molar-refractivity contribution >= 4 is 29.5 Å². The van der Waals surface area contributed by atoms with E-state index in [0.29, 0.717) is 13.0 Å². The van der Waals surface area contributed by atoms with Crippen LogP contribution in [-0.2, 0) is 20.9 Å². The van der Waals surface area contributed by atoms with Crippen LogP contribution in [0.25, 0.3) is 0 Å². The number of hydrogen-bond acceptors (Lipinski definition) is 4. The van der Waals surface area contributed by atoms with Crippen LogP contribution >= 0.6 is 0 Å². The van der Waals surface area contributed by atoms with Crippen molar-refractivity contribution in [3.63, 3.8) is 0 Å². The van der Waals surface area contributed by atoms with E-state index in [1.165, 1.54) is 0 Å². The number of carbonyl (C=O) groups excluding carboxylic acids is 1. The number of carboxylic acid groups (broad SMARTS) is 3. The van der Waals surface area contributed by atoms with Crippen LogP contribution in [0.2, 0.25) is 0 Å². The Bertz CT molecular complexity index is 893. The Kier molecular flexibility index (Phi) is 6.49. The highest BCUT2D eigenvalue weighted by Crippen LogP contribution is 2.29. The lowest BCUT2D eigenvalue weighted by atomic mass is 9.96. The van der Waals surface area contributed by atoms with E-state index in [-0.39, 0.29) is 5.91 Å². The Morgan fingerprint density at radius 2 is 1.54 bits per heavy atom. The first kappa shape index (κ1) is 20.6. The van der Waals surface area contributed by atoms with Crippen LogP contribution in [0.15, 0.2) is 48.5 Å². The van der Waals surface area contributed by atoms with Gasteiger partial charge in [-0.2, -0.15) is 0 Å².